The molecule has 0 aliphatic heterocycles. The number of carbonyl (C=O) groups excluding carboxylic acids is 1. The van der Waals surface area contributed by atoms with Gasteiger partial charge in [0.1, 0.15) is 5.82 Å². The van der Waals surface area contributed by atoms with Crippen LogP contribution in [0.4, 0.5) is 4.39 Å². The van der Waals surface area contributed by atoms with Crippen LogP contribution in [0.5, 0.6) is 0 Å². The number of hydrogen-bond acceptors (Lipinski definition) is 2. The fourth-order valence-corrected chi connectivity index (χ4v) is 2.17. The van der Waals surface area contributed by atoms with E-state index in [0.717, 1.165) is 5.69 Å². The zero-order valence-corrected chi connectivity index (χ0v) is 10.7. The number of aromatic nitrogens is 1. The van der Waals surface area contributed by atoms with Gasteiger partial charge < -0.3 is 5.32 Å². The van der Waals surface area contributed by atoms with Crippen molar-refractivity contribution >= 4 is 16.8 Å². The van der Waals surface area contributed by atoms with Crippen LogP contribution in [0.15, 0.2) is 24.3 Å². The molecule has 0 unspecified atom stereocenters. The standard InChI is InChI=1S/C15H15FN2O/c1-9-6-13(15(19)17-8-10-2-3-10)12-7-11(16)4-5-14(12)18-9/h4-7,10H,2-3,8H2,1H3,(H,17,19). The summed E-state index contributed by atoms with van der Waals surface area (Å²) in [6.07, 6.45) is 2.37. The highest BCUT2D eigenvalue weighted by Gasteiger charge is 2.22. The van der Waals surface area contributed by atoms with Crippen LogP contribution < -0.4 is 5.32 Å². The Balaban J connectivity index is 1.99. The van der Waals surface area contributed by atoms with Crippen molar-refractivity contribution in [3.8, 4) is 0 Å². The van der Waals surface area contributed by atoms with Crippen molar-refractivity contribution in [1.29, 1.82) is 0 Å². The Morgan fingerprint density at radius 3 is 2.95 bits per heavy atom. The molecule has 1 aromatic carbocycles. The number of halogens is 1. The highest BCUT2D eigenvalue weighted by molar-refractivity contribution is 6.06. The molecule has 19 heavy (non-hydrogen) atoms. The zero-order chi connectivity index (χ0) is 13.4. The molecule has 1 amide bonds. The smallest absolute Gasteiger partial charge is 0.252 e. The molecule has 0 bridgehead atoms. The maximum absolute atomic E-state index is 13.3. The fourth-order valence-electron chi connectivity index (χ4n) is 2.17. The third-order valence-electron chi connectivity index (χ3n) is 3.39. The van der Waals surface area contributed by atoms with E-state index in [2.05, 4.69) is 10.3 Å². The molecule has 1 aliphatic rings. The van der Waals surface area contributed by atoms with Crippen molar-refractivity contribution in [1.82, 2.24) is 10.3 Å². The average molecular weight is 258 g/mol. The lowest BCUT2D eigenvalue weighted by Crippen LogP contribution is -2.26. The van der Waals surface area contributed by atoms with Crippen LogP contribution in [0.25, 0.3) is 10.9 Å². The van der Waals surface area contributed by atoms with Crippen LogP contribution in [0, 0.1) is 18.7 Å². The lowest BCUT2D eigenvalue weighted by atomic mass is 10.1. The SMILES string of the molecule is Cc1cc(C(=O)NCC2CC2)c2cc(F)ccc2n1. The first-order chi connectivity index (χ1) is 9.13. The van der Waals surface area contributed by atoms with E-state index in [1.165, 1.54) is 25.0 Å². The molecule has 1 N–H and O–H groups in total. The number of hydrogen-bond donors (Lipinski definition) is 1. The fraction of sp³-hybridized carbons (Fsp3) is 0.333. The van der Waals surface area contributed by atoms with E-state index in [0.29, 0.717) is 28.9 Å². The predicted octanol–water partition coefficient (Wildman–Crippen LogP) is 2.82. The molecular formula is C15H15FN2O. The first-order valence-electron chi connectivity index (χ1n) is 6.48. The van der Waals surface area contributed by atoms with E-state index in [1.54, 1.807) is 12.1 Å². The molecule has 1 aromatic heterocycles. The Hall–Kier alpha value is -1.97. The Bertz CT molecular complexity index is 650. The van der Waals surface area contributed by atoms with Crippen molar-refractivity contribution < 1.29 is 9.18 Å². The van der Waals surface area contributed by atoms with Crippen LogP contribution in [-0.2, 0) is 0 Å². The van der Waals surface area contributed by atoms with Gasteiger partial charge in [-0.1, -0.05) is 0 Å². The number of fused-ring (bicyclic) bond motifs is 1. The average Bonchev–Trinajstić information content (AvgIpc) is 3.19. The number of benzene rings is 1. The van der Waals surface area contributed by atoms with E-state index < -0.39 is 0 Å². The van der Waals surface area contributed by atoms with Crippen LogP contribution >= 0.6 is 0 Å². The highest BCUT2D eigenvalue weighted by Crippen LogP contribution is 2.28. The second-order valence-electron chi connectivity index (χ2n) is 5.13. The Morgan fingerprint density at radius 2 is 2.21 bits per heavy atom. The Labute approximate surface area is 110 Å². The first-order valence-corrected chi connectivity index (χ1v) is 6.48. The van der Waals surface area contributed by atoms with E-state index in [1.807, 2.05) is 6.92 Å². The van der Waals surface area contributed by atoms with Crippen LogP contribution in [0.3, 0.4) is 0 Å². The zero-order valence-electron chi connectivity index (χ0n) is 10.7. The number of nitrogens with one attached hydrogen (secondary N) is 1. The highest BCUT2D eigenvalue weighted by atomic mass is 19.1. The number of rotatable bonds is 3. The van der Waals surface area contributed by atoms with Crippen molar-refractivity contribution in [2.75, 3.05) is 6.54 Å². The number of aryl methyl sites for hydroxylation is 1. The molecule has 1 heterocycles. The minimum absolute atomic E-state index is 0.145. The summed E-state index contributed by atoms with van der Waals surface area (Å²) < 4.78 is 13.3. The summed E-state index contributed by atoms with van der Waals surface area (Å²) in [7, 11) is 0. The normalized spacial score (nSPS) is 14.6. The van der Waals surface area contributed by atoms with E-state index in [9.17, 15) is 9.18 Å². The summed E-state index contributed by atoms with van der Waals surface area (Å²) in [4.78, 5) is 16.5. The van der Waals surface area contributed by atoms with Gasteiger partial charge in [-0.05, 0) is 49.9 Å². The van der Waals surface area contributed by atoms with Gasteiger partial charge >= 0.3 is 0 Å². The maximum Gasteiger partial charge on any atom is 0.252 e. The van der Waals surface area contributed by atoms with Crippen LogP contribution in [-0.4, -0.2) is 17.4 Å². The third kappa shape index (κ3) is 2.57. The summed E-state index contributed by atoms with van der Waals surface area (Å²) in [5, 5.41) is 3.48. The molecule has 3 rings (SSSR count). The van der Waals surface area contributed by atoms with Gasteiger partial charge in [0.15, 0.2) is 0 Å². The van der Waals surface area contributed by atoms with Gasteiger partial charge in [0.25, 0.3) is 5.91 Å². The van der Waals surface area contributed by atoms with Gasteiger partial charge in [0.05, 0.1) is 11.1 Å². The first kappa shape index (κ1) is 12.1. The van der Waals surface area contributed by atoms with Gasteiger partial charge in [0, 0.05) is 17.6 Å². The summed E-state index contributed by atoms with van der Waals surface area (Å²) in [6, 6.07) is 6.05. The van der Waals surface area contributed by atoms with Crippen LogP contribution in [0.2, 0.25) is 0 Å². The van der Waals surface area contributed by atoms with Crippen molar-refractivity contribution in [2.45, 2.75) is 19.8 Å². The Kier molecular flexibility index (Phi) is 2.93. The predicted molar refractivity (Wildman–Crippen MR) is 71.5 cm³/mol. The summed E-state index contributed by atoms with van der Waals surface area (Å²) in [5.41, 5.74) is 1.91. The number of pyridine rings is 1. The topological polar surface area (TPSA) is 42.0 Å². The maximum atomic E-state index is 13.3. The molecule has 98 valence electrons. The number of amides is 1. The summed E-state index contributed by atoms with van der Waals surface area (Å²) >= 11 is 0. The van der Waals surface area contributed by atoms with Crippen molar-refractivity contribution in [2.24, 2.45) is 5.92 Å². The molecule has 3 nitrogen and oxygen atoms in total. The summed E-state index contributed by atoms with van der Waals surface area (Å²) in [6.45, 7) is 2.54. The molecule has 0 saturated heterocycles. The second kappa shape index (κ2) is 4.61. The third-order valence-corrected chi connectivity index (χ3v) is 3.39. The molecule has 4 heteroatoms. The summed E-state index contributed by atoms with van der Waals surface area (Å²) in [5.74, 6) is 0.122. The number of nitrogens with zero attached hydrogens (tertiary/aromatic N) is 1. The molecule has 1 aliphatic carbocycles. The van der Waals surface area contributed by atoms with Gasteiger partial charge in [-0.15, -0.1) is 0 Å². The van der Waals surface area contributed by atoms with Crippen LogP contribution in [0.1, 0.15) is 28.9 Å². The molecule has 1 saturated carbocycles. The lowest BCUT2D eigenvalue weighted by Gasteiger charge is -2.08. The van der Waals surface area contributed by atoms with Crippen molar-refractivity contribution in [3.63, 3.8) is 0 Å². The molecule has 0 spiro atoms. The van der Waals surface area contributed by atoms with Gasteiger partial charge in [-0.25, -0.2) is 4.39 Å². The lowest BCUT2D eigenvalue weighted by molar-refractivity contribution is 0.0953. The van der Waals surface area contributed by atoms with E-state index in [-0.39, 0.29) is 11.7 Å². The Morgan fingerprint density at radius 1 is 1.42 bits per heavy atom. The van der Waals surface area contributed by atoms with E-state index >= 15 is 0 Å². The number of carbonyl (C=O) groups is 1. The second-order valence-corrected chi connectivity index (χ2v) is 5.13. The minimum Gasteiger partial charge on any atom is -0.352 e. The van der Waals surface area contributed by atoms with Gasteiger partial charge in [0.2, 0.25) is 0 Å². The monoisotopic (exact) mass is 258 g/mol. The quantitative estimate of drug-likeness (QED) is 0.919. The molecule has 0 radical (unpaired) electrons. The van der Waals surface area contributed by atoms with E-state index in [4.69, 9.17) is 0 Å². The molecule has 2 aromatic rings. The van der Waals surface area contributed by atoms with Crippen molar-refractivity contribution in [3.05, 3.63) is 41.3 Å². The van der Waals surface area contributed by atoms with Gasteiger partial charge in [-0.2, -0.15) is 0 Å². The molecule has 0 atom stereocenters. The minimum atomic E-state index is -0.352. The largest absolute Gasteiger partial charge is 0.352 e. The molecule has 1 fully saturated rings. The molecular weight excluding hydrogens is 243 g/mol. The van der Waals surface area contributed by atoms with Gasteiger partial charge in [-0.3, -0.25) is 9.78 Å².